The maximum Gasteiger partial charge on any atom is 0.212 e. The van der Waals surface area contributed by atoms with Crippen molar-refractivity contribution < 1.29 is 8.42 Å². The van der Waals surface area contributed by atoms with E-state index in [1.807, 2.05) is 0 Å². The standard InChI is InChI=1S/C6H13NO2S/c1-3-5-6(4-2)10(7,8)9/h3,6H,1,4-5H2,2H3,(H2,7,8,9)/t6-/m0/s1. The third-order valence-corrected chi connectivity index (χ3v) is 2.80. The monoisotopic (exact) mass is 163 g/mol. The lowest BCUT2D eigenvalue weighted by molar-refractivity contribution is 0.577. The van der Waals surface area contributed by atoms with Gasteiger partial charge in [-0.25, -0.2) is 13.6 Å². The van der Waals surface area contributed by atoms with Gasteiger partial charge in [0, 0.05) is 0 Å². The fourth-order valence-corrected chi connectivity index (χ4v) is 1.59. The quantitative estimate of drug-likeness (QED) is 0.618. The molecule has 0 unspecified atom stereocenters. The molecule has 60 valence electrons. The van der Waals surface area contributed by atoms with Crippen molar-refractivity contribution in [3.05, 3.63) is 12.7 Å². The van der Waals surface area contributed by atoms with Gasteiger partial charge in [0.1, 0.15) is 0 Å². The van der Waals surface area contributed by atoms with E-state index in [1.54, 1.807) is 13.0 Å². The predicted molar refractivity (Wildman–Crippen MR) is 42.0 cm³/mol. The van der Waals surface area contributed by atoms with Crippen LogP contribution in [0.4, 0.5) is 0 Å². The molecule has 2 N–H and O–H groups in total. The predicted octanol–water partition coefficient (Wildman–Crippen LogP) is 0.630. The van der Waals surface area contributed by atoms with E-state index in [4.69, 9.17) is 5.14 Å². The van der Waals surface area contributed by atoms with E-state index < -0.39 is 15.3 Å². The Labute approximate surface area is 62.0 Å². The van der Waals surface area contributed by atoms with Crippen molar-refractivity contribution >= 4 is 10.0 Å². The van der Waals surface area contributed by atoms with E-state index in [-0.39, 0.29) is 0 Å². The molecule has 0 radical (unpaired) electrons. The van der Waals surface area contributed by atoms with Gasteiger partial charge in [0.05, 0.1) is 5.25 Å². The van der Waals surface area contributed by atoms with Gasteiger partial charge in [-0.2, -0.15) is 0 Å². The maximum absolute atomic E-state index is 10.7. The minimum absolute atomic E-state index is 0.440. The maximum atomic E-state index is 10.7. The van der Waals surface area contributed by atoms with E-state index in [9.17, 15) is 8.42 Å². The Kier molecular flexibility index (Phi) is 3.60. The Morgan fingerprint density at radius 3 is 2.30 bits per heavy atom. The molecule has 0 heterocycles. The number of rotatable bonds is 4. The summed E-state index contributed by atoms with van der Waals surface area (Å²) in [6, 6.07) is 0. The summed E-state index contributed by atoms with van der Waals surface area (Å²) in [6.07, 6.45) is 2.55. The van der Waals surface area contributed by atoms with Crippen LogP contribution in [0.2, 0.25) is 0 Å². The molecule has 3 nitrogen and oxygen atoms in total. The van der Waals surface area contributed by atoms with Gasteiger partial charge in [0.2, 0.25) is 10.0 Å². The second-order valence-electron chi connectivity index (χ2n) is 2.14. The molecule has 0 aromatic heterocycles. The minimum Gasteiger partial charge on any atom is -0.228 e. The van der Waals surface area contributed by atoms with Crippen LogP contribution < -0.4 is 5.14 Å². The van der Waals surface area contributed by atoms with Crippen molar-refractivity contribution in [3.8, 4) is 0 Å². The molecule has 0 bridgehead atoms. The normalized spacial score (nSPS) is 14.6. The number of nitrogens with two attached hydrogens (primary N) is 1. The van der Waals surface area contributed by atoms with Crippen LogP contribution in [0.3, 0.4) is 0 Å². The van der Waals surface area contributed by atoms with Crippen LogP contribution in [-0.2, 0) is 10.0 Å². The van der Waals surface area contributed by atoms with Crippen molar-refractivity contribution in [1.82, 2.24) is 0 Å². The minimum atomic E-state index is -3.35. The van der Waals surface area contributed by atoms with Crippen LogP contribution in [0.1, 0.15) is 19.8 Å². The molecule has 4 heteroatoms. The summed E-state index contributed by atoms with van der Waals surface area (Å²) in [7, 11) is -3.35. The number of sulfonamides is 1. The zero-order valence-corrected chi connectivity index (χ0v) is 6.89. The number of hydrogen-bond acceptors (Lipinski definition) is 2. The lowest BCUT2D eigenvalue weighted by Crippen LogP contribution is -2.27. The molecule has 1 atom stereocenters. The third kappa shape index (κ3) is 2.98. The first kappa shape index (κ1) is 9.65. The summed E-state index contributed by atoms with van der Waals surface area (Å²) < 4.78 is 21.4. The first-order valence-corrected chi connectivity index (χ1v) is 4.75. The third-order valence-electron chi connectivity index (χ3n) is 1.35. The van der Waals surface area contributed by atoms with Gasteiger partial charge in [-0.3, -0.25) is 0 Å². The molecule has 0 saturated heterocycles. The zero-order valence-electron chi connectivity index (χ0n) is 6.08. The first-order valence-electron chi connectivity index (χ1n) is 3.14. The Morgan fingerprint density at radius 2 is 2.20 bits per heavy atom. The van der Waals surface area contributed by atoms with Crippen LogP contribution in [0.15, 0.2) is 12.7 Å². The van der Waals surface area contributed by atoms with Gasteiger partial charge < -0.3 is 0 Å². The average Bonchev–Trinajstić information content (AvgIpc) is 1.80. The highest BCUT2D eigenvalue weighted by molar-refractivity contribution is 7.89. The molecule has 0 spiro atoms. The molecular formula is C6H13NO2S. The molecule has 0 fully saturated rings. The van der Waals surface area contributed by atoms with E-state index in [0.717, 1.165) is 0 Å². The first-order chi connectivity index (χ1) is 4.52. The van der Waals surface area contributed by atoms with Gasteiger partial charge in [-0.15, -0.1) is 6.58 Å². The van der Waals surface area contributed by atoms with Crippen molar-refractivity contribution in [3.63, 3.8) is 0 Å². The molecule has 0 aliphatic heterocycles. The summed E-state index contributed by atoms with van der Waals surface area (Å²) in [5.41, 5.74) is 0. The van der Waals surface area contributed by atoms with Crippen LogP contribution >= 0.6 is 0 Å². The molecular weight excluding hydrogens is 150 g/mol. The van der Waals surface area contributed by atoms with Gasteiger partial charge >= 0.3 is 0 Å². The van der Waals surface area contributed by atoms with Gasteiger partial charge in [-0.05, 0) is 12.8 Å². The Bertz CT molecular complexity index is 196. The van der Waals surface area contributed by atoms with Gasteiger partial charge in [0.25, 0.3) is 0 Å². The lowest BCUT2D eigenvalue weighted by atomic mass is 10.2. The molecule has 0 aromatic carbocycles. The molecule has 0 rings (SSSR count). The number of hydrogen-bond donors (Lipinski definition) is 1. The molecule has 10 heavy (non-hydrogen) atoms. The smallest absolute Gasteiger partial charge is 0.212 e. The number of primary sulfonamides is 1. The Morgan fingerprint density at radius 1 is 1.70 bits per heavy atom. The fraction of sp³-hybridized carbons (Fsp3) is 0.667. The molecule has 0 aliphatic carbocycles. The fourth-order valence-electron chi connectivity index (χ4n) is 0.719. The summed E-state index contributed by atoms with van der Waals surface area (Å²) in [4.78, 5) is 0. The average molecular weight is 163 g/mol. The second kappa shape index (κ2) is 3.73. The van der Waals surface area contributed by atoms with Crippen LogP contribution in [0.5, 0.6) is 0 Å². The summed E-state index contributed by atoms with van der Waals surface area (Å²) >= 11 is 0. The van der Waals surface area contributed by atoms with Gasteiger partial charge in [-0.1, -0.05) is 13.0 Å². The highest BCUT2D eigenvalue weighted by atomic mass is 32.2. The van der Waals surface area contributed by atoms with E-state index in [1.165, 1.54) is 0 Å². The lowest BCUT2D eigenvalue weighted by Gasteiger charge is -2.07. The van der Waals surface area contributed by atoms with Crippen LogP contribution in [-0.4, -0.2) is 13.7 Å². The Balaban J connectivity index is 4.22. The van der Waals surface area contributed by atoms with Crippen molar-refractivity contribution in [2.75, 3.05) is 0 Å². The van der Waals surface area contributed by atoms with Gasteiger partial charge in [0.15, 0.2) is 0 Å². The topological polar surface area (TPSA) is 60.2 Å². The zero-order chi connectivity index (χ0) is 8.20. The Hall–Kier alpha value is -0.350. The summed E-state index contributed by atoms with van der Waals surface area (Å²) in [5, 5.41) is 4.45. The van der Waals surface area contributed by atoms with E-state index in [0.29, 0.717) is 12.8 Å². The van der Waals surface area contributed by atoms with Crippen LogP contribution in [0, 0.1) is 0 Å². The molecule has 0 amide bonds. The van der Waals surface area contributed by atoms with E-state index in [2.05, 4.69) is 6.58 Å². The highest BCUT2D eigenvalue weighted by Crippen LogP contribution is 2.06. The molecule has 0 aromatic rings. The number of allylic oxidation sites excluding steroid dienone is 1. The highest BCUT2D eigenvalue weighted by Gasteiger charge is 2.16. The second-order valence-corrected chi connectivity index (χ2v) is 3.99. The molecule has 0 saturated carbocycles. The van der Waals surface area contributed by atoms with E-state index >= 15 is 0 Å². The van der Waals surface area contributed by atoms with Crippen molar-refractivity contribution in [1.29, 1.82) is 0 Å². The van der Waals surface area contributed by atoms with Crippen molar-refractivity contribution in [2.45, 2.75) is 25.0 Å². The van der Waals surface area contributed by atoms with Crippen LogP contribution in [0.25, 0.3) is 0 Å². The largest absolute Gasteiger partial charge is 0.228 e. The SMILES string of the molecule is C=CC[C@H](CC)S(N)(=O)=O. The summed E-state index contributed by atoms with van der Waals surface area (Å²) in [6.45, 7) is 5.23. The summed E-state index contributed by atoms with van der Waals surface area (Å²) in [5.74, 6) is 0. The van der Waals surface area contributed by atoms with Crippen molar-refractivity contribution in [2.24, 2.45) is 5.14 Å². The molecule has 0 aliphatic rings.